The van der Waals surface area contributed by atoms with Gasteiger partial charge in [-0.25, -0.2) is 13.1 Å². The molecule has 1 aromatic rings. The minimum Gasteiger partial charge on any atom is -0.315 e. The predicted octanol–water partition coefficient (Wildman–Crippen LogP) is 2.12. The maximum absolute atomic E-state index is 12.1. The Morgan fingerprint density at radius 1 is 1.47 bits per heavy atom. The minimum atomic E-state index is -3.47. The largest absolute Gasteiger partial charge is 0.315 e. The zero-order valence-electron chi connectivity index (χ0n) is 10.3. The summed E-state index contributed by atoms with van der Waals surface area (Å²) in [6, 6.07) is 4.78. The second-order valence-electron chi connectivity index (χ2n) is 4.11. The Morgan fingerprint density at radius 2 is 2.21 bits per heavy atom. The topological polar surface area (TPSA) is 58.2 Å². The molecule has 8 heteroatoms. The molecule has 2 N–H and O–H groups in total. The van der Waals surface area contributed by atoms with Crippen molar-refractivity contribution in [3.63, 3.8) is 0 Å². The van der Waals surface area contributed by atoms with Crippen molar-refractivity contribution in [2.24, 2.45) is 0 Å². The average molecular weight is 343 g/mol. The van der Waals surface area contributed by atoms with Crippen LogP contribution in [0, 0.1) is 0 Å². The van der Waals surface area contributed by atoms with Gasteiger partial charge < -0.3 is 5.32 Å². The van der Waals surface area contributed by atoms with E-state index in [0.717, 1.165) is 17.9 Å². The molecule has 1 unspecified atom stereocenters. The lowest BCUT2D eigenvalue weighted by atomic mass is 10.3. The van der Waals surface area contributed by atoms with E-state index < -0.39 is 10.0 Å². The molecule has 0 aromatic heterocycles. The number of benzene rings is 1. The van der Waals surface area contributed by atoms with Crippen molar-refractivity contribution >= 4 is 45.8 Å². The van der Waals surface area contributed by atoms with Gasteiger partial charge in [-0.2, -0.15) is 0 Å². The van der Waals surface area contributed by atoms with Gasteiger partial charge in [0.1, 0.15) is 0 Å². The third kappa shape index (κ3) is 4.24. The molecule has 1 fully saturated rings. The summed E-state index contributed by atoms with van der Waals surface area (Å²) in [7, 11) is -3.47. The molecule has 108 valence electrons. The molecule has 1 aliphatic heterocycles. The highest BCUT2D eigenvalue weighted by molar-refractivity contribution is 7.98. The van der Waals surface area contributed by atoms with Crippen LogP contribution in [0.2, 0.25) is 5.02 Å². The summed E-state index contributed by atoms with van der Waals surface area (Å²) >= 11 is 7.52. The number of thioether (sulfide) groups is 1. The first-order chi connectivity index (χ1) is 8.53. The Labute approximate surface area is 129 Å². The maximum atomic E-state index is 12.1. The molecule has 0 spiro atoms. The molecule has 0 radical (unpaired) electrons. The van der Waals surface area contributed by atoms with Crippen molar-refractivity contribution in [3.05, 3.63) is 23.2 Å². The lowest BCUT2D eigenvalue weighted by molar-refractivity contribution is 0.560. The molecule has 1 aliphatic rings. The van der Waals surface area contributed by atoms with Crippen LogP contribution in [0.1, 0.15) is 6.42 Å². The molecule has 1 heterocycles. The van der Waals surface area contributed by atoms with Crippen molar-refractivity contribution in [2.45, 2.75) is 22.3 Å². The van der Waals surface area contributed by atoms with E-state index in [1.807, 2.05) is 6.26 Å². The first kappa shape index (κ1) is 17.1. The van der Waals surface area contributed by atoms with Gasteiger partial charge in [0.2, 0.25) is 10.0 Å². The van der Waals surface area contributed by atoms with Gasteiger partial charge in [-0.05, 0) is 37.4 Å². The van der Waals surface area contributed by atoms with Gasteiger partial charge in [0.25, 0.3) is 0 Å². The van der Waals surface area contributed by atoms with Gasteiger partial charge in [0.05, 0.1) is 9.92 Å². The Hall–Kier alpha value is 0.0200. The molecule has 0 bridgehead atoms. The van der Waals surface area contributed by atoms with Gasteiger partial charge in [-0.1, -0.05) is 11.6 Å². The molecule has 0 saturated carbocycles. The Morgan fingerprint density at radius 3 is 2.74 bits per heavy atom. The molecule has 2 rings (SSSR count). The second-order valence-corrected chi connectivity index (χ2v) is 7.08. The number of halogens is 2. The van der Waals surface area contributed by atoms with E-state index in [-0.39, 0.29) is 23.3 Å². The first-order valence-electron chi connectivity index (χ1n) is 5.59. The number of sulfonamides is 1. The summed E-state index contributed by atoms with van der Waals surface area (Å²) in [5.41, 5.74) is 0. The SMILES string of the molecule is CSc1ccc(S(=O)(=O)NC2CCNC2)cc1Cl.Cl. The van der Waals surface area contributed by atoms with Crippen LogP contribution in [0.3, 0.4) is 0 Å². The van der Waals surface area contributed by atoms with Gasteiger partial charge in [0, 0.05) is 17.5 Å². The van der Waals surface area contributed by atoms with E-state index in [4.69, 9.17) is 11.6 Å². The average Bonchev–Trinajstić information content (AvgIpc) is 2.81. The lowest BCUT2D eigenvalue weighted by Crippen LogP contribution is -2.36. The molecule has 1 atom stereocenters. The smallest absolute Gasteiger partial charge is 0.240 e. The van der Waals surface area contributed by atoms with Crippen LogP contribution in [0.15, 0.2) is 28.0 Å². The monoisotopic (exact) mass is 342 g/mol. The fraction of sp³-hybridized carbons (Fsp3) is 0.455. The number of hydrogen-bond acceptors (Lipinski definition) is 4. The van der Waals surface area contributed by atoms with E-state index in [0.29, 0.717) is 11.6 Å². The van der Waals surface area contributed by atoms with Crippen molar-refractivity contribution in [2.75, 3.05) is 19.3 Å². The van der Waals surface area contributed by atoms with Crippen LogP contribution in [-0.4, -0.2) is 33.8 Å². The van der Waals surface area contributed by atoms with Crippen LogP contribution >= 0.6 is 35.8 Å². The van der Waals surface area contributed by atoms with Crippen LogP contribution in [0.25, 0.3) is 0 Å². The number of nitrogens with one attached hydrogen (secondary N) is 2. The summed E-state index contributed by atoms with van der Waals surface area (Å²) in [6.07, 6.45) is 2.72. The molecule has 19 heavy (non-hydrogen) atoms. The summed E-state index contributed by atoms with van der Waals surface area (Å²) in [6.45, 7) is 1.52. The van der Waals surface area contributed by atoms with Crippen LogP contribution in [-0.2, 0) is 10.0 Å². The van der Waals surface area contributed by atoms with Crippen molar-refractivity contribution < 1.29 is 8.42 Å². The van der Waals surface area contributed by atoms with Gasteiger partial charge >= 0.3 is 0 Å². The van der Waals surface area contributed by atoms with E-state index in [1.165, 1.54) is 17.8 Å². The third-order valence-electron chi connectivity index (χ3n) is 2.82. The molecule has 1 saturated heterocycles. The molecular formula is C11H16Cl2N2O2S2. The fourth-order valence-corrected chi connectivity index (χ4v) is 4.09. The highest BCUT2D eigenvalue weighted by Crippen LogP contribution is 2.27. The van der Waals surface area contributed by atoms with Crippen LogP contribution in [0.5, 0.6) is 0 Å². The van der Waals surface area contributed by atoms with Crippen molar-refractivity contribution in [1.82, 2.24) is 10.0 Å². The number of rotatable bonds is 4. The van der Waals surface area contributed by atoms with Crippen molar-refractivity contribution in [1.29, 1.82) is 0 Å². The van der Waals surface area contributed by atoms with Crippen LogP contribution in [0.4, 0.5) is 0 Å². The van der Waals surface area contributed by atoms with Gasteiger partial charge in [-0.15, -0.1) is 24.2 Å². The maximum Gasteiger partial charge on any atom is 0.240 e. The third-order valence-corrected chi connectivity index (χ3v) is 5.55. The Balaban J connectivity index is 0.00000180. The predicted molar refractivity (Wildman–Crippen MR) is 82.1 cm³/mol. The van der Waals surface area contributed by atoms with E-state index in [9.17, 15) is 8.42 Å². The summed E-state index contributed by atoms with van der Waals surface area (Å²) in [5.74, 6) is 0. The van der Waals surface area contributed by atoms with E-state index >= 15 is 0 Å². The molecular weight excluding hydrogens is 327 g/mol. The fourth-order valence-electron chi connectivity index (χ4n) is 1.86. The highest BCUT2D eigenvalue weighted by atomic mass is 35.5. The van der Waals surface area contributed by atoms with Gasteiger partial charge in [-0.3, -0.25) is 0 Å². The number of hydrogen-bond donors (Lipinski definition) is 2. The molecule has 1 aromatic carbocycles. The molecule has 0 aliphatic carbocycles. The normalized spacial score (nSPS) is 19.2. The lowest BCUT2D eigenvalue weighted by Gasteiger charge is -2.12. The molecule has 0 amide bonds. The summed E-state index contributed by atoms with van der Waals surface area (Å²) < 4.78 is 27.0. The van der Waals surface area contributed by atoms with E-state index in [1.54, 1.807) is 12.1 Å². The minimum absolute atomic E-state index is 0. The standard InChI is InChI=1S/C11H15ClN2O2S2.ClH/c1-17-11-3-2-9(6-10(11)12)18(15,16)14-8-4-5-13-7-8;/h2-3,6,8,13-14H,4-5,7H2,1H3;1H. The summed E-state index contributed by atoms with van der Waals surface area (Å²) in [4.78, 5) is 1.09. The zero-order valence-corrected chi connectivity index (χ0v) is 13.6. The zero-order chi connectivity index (χ0) is 13.2. The molecule has 4 nitrogen and oxygen atoms in total. The first-order valence-corrected chi connectivity index (χ1v) is 8.68. The Bertz CT molecular complexity index is 531. The Kier molecular flexibility index (Phi) is 6.42. The quantitative estimate of drug-likeness (QED) is 0.823. The van der Waals surface area contributed by atoms with Crippen LogP contribution < -0.4 is 10.0 Å². The summed E-state index contributed by atoms with van der Waals surface area (Å²) in [5, 5.41) is 3.59. The van der Waals surface area contributed by atoms with Gasteiger partial charge in [0.15, 0.2) is 0 Å². The highest BCUT2D eigenvalue weighted by Gasteiger charge is 2.23. The van der Waals surface area contributed by atoms with E-state index in [2.05, 4.69) is 10.0 Å². The van der Waals surface area contributed by atoms with Crippen molar-refractivity contribution in [3.8, 4) is 0 Å². The second kappa shape index (κ2) is 7.15.